The molecular formula is C17H14Cl2N2S. The van der Waals surface area contributed by atoms with Gasteiger partial charge in [-0.05, 0) is 55.5 Å². The highest BCUT2D eigenvalue weighted by Crippen LogP contribution is 2.38. The number of fused-ring (bicyclic) bond motifs is 3. The number of hydrogen-bond acceptors (Lipinski definition) is 3. The normalized spacial score (nSPS) is 14.8. The third kappa shape index (κ3) is 2.51. The van der Waals surface area contributed by atoms with E-state index in [1.807, 2.05) is 24.3 Å². The minimum Gasteiger partial charge on any atom is -0.217 e. The molecule has 2 heterocycles. The van der Waals surface area contributed by atoms with Gasteiger partial charge in [0, 0.05) is 15.5 Å². The number of thiophene rings is 1. The maximum Gasteiger partial charge on any atom is 0.162 e. The Kier molecular flexibility index (Phi) is 3.81. The monoisotopic (exact) mass is 348 g/mol. The summed E-state index contributed by atoms with van der Waals surface area (Å²) >= 11 is 14.2. The van der Waals surface area contributed by atoms with Crippen LogP contribution in [-0.4, -0.2) is 9.97 Å². The molecule has 0 saturated carbocycles. The van der Waals surface area contributed by atoms with Crippen LogP contribution in [0.5, 0.6) is 0 Å². The summed E-state index contributed by atoms with van der Waals surface area (Å²) in [7, 11) is 0. The summed E-state index contributed by atoms with van der Waals surface area (Å²) in [6.07, 6.45) is 6.02. The molecule has 1 aliphatic carbocycles. The quantitative estimate of drug-likeness (QED) is 0.402. The summed E-state index contributed by atoms with van der Waals surface area (Å²) < 4.78 is 0. The molecule has 112 valence electrons. The smallest absolute Gasteiger partial charge is 0.162 e. The molecule has 0 fully saturated rings. The van der Waals surface area contributed by atoms with Gasteiger partial charge in [-0.15, -0.1) is 11.3 Å². The molecule has 1 aliphatic rings. The van der Waals surface area contributed by atoms with E-state index in [0.29, 0.717) is 16.0 Å². The minimum absolute atomic E-state index is 0.578. The van der Waals surface area contributed by atoms with Gasteiger partial charge in [-0.1, -0.05) is 29.6 Å². The lowest BCUT2D eigenvalue weighted by molar-refractivity contribution is 0.713. The summed E-state index contributed by atoms with van der Waals surface area (Å²) in [6, 6.07) is 7.56. The van der Waals surface area contributed by atoms with E-state index in [0.717, 1.165) is 28.6 Å². The standard InChI is InChI=1S/C17H14Cl2N2S/c18-11-8-6-10(7-9-11)16-20-15(19)14-12-4-2-1-3-5-13(12)22-17(14)21-16/h6-9H,1-5H2. The third-order valence-electron chi connectivity index (χ3n) is 4.12. The molecule has 1 aromatic carbocycles. The maximum absolute atomic E-state index is 6.50. The molecule has 0 bridgehead atoms. The van der Waals surface area contributed by atoms with Crippen molar-refractivity contribution in [2.45, 2.75) is 32.1 Å². The number of benzene rings is 1. The van der Waals surface area contributed by atoms with Crippen molar-refractivity contribution in [2.24, 2.45) is 0 Å². The summed E-state index contributed by atoms with van der Waals surface area (Å²) in [5.74, 6) is 0.672. The Labute approximate surface area is 143 Å². The Bertz CT molecular complexity index is 840. The fourth-order valence-corrected chi connectivity index (χ4v) is 4.74. The van der Waals surface area contributed by atoms with Gasteiger partial charge in [-0.2, -0.15) is 0 Å². The van der Waals surface area contributed by atoms with Crippen LogP contribution in [0.3, 0.4) is 0 Å². The van der Waals surface area contributed by atoms with Gasteiger partial charge in [0.05, 0.1) is 5.39 Å². The summed E-state index contributed by atoms with van der Waals surface area (Å²) in [4.78, 5) is 11.7. The van der Waals surface area contributed by atoms with Gasteiger partial charge >= 0.3 is 0 Å². The largest absolute Gasteiger partial charge is 0.217 e. The molecular weight excluding hydrogens is 335 g/mol. The SMILES string of the molecule is Clc1ccc(-c2nc(Cl)c3c4c(sc3n2)CCCCC4)cc1. The topological polar surface area (TPSA) is 25.8 Å². The van der Waals surface area contributed by atoms with E-state index < -0.39 is 0 Å². The van der Waals surface area contributed by atoms with Crippen LogP contribution in [0.2, 0.25) is 10.2 Å². The molecule has 0 atom stereocenters. The molecule has 0 N–H and O–H groups in total. The Hall–Kier alpha value is -1.16. The highest BCUT2D eigenvalue weighted by Gasteiger charge is 2.19. The average Bonchev–Trinajstić information content (AvgIpc) is 2.70. The summed E-state index contributed by atoms with van der Waals surface area (Å²) in [6.45, 7) is 0. The van der Waals surface area contributed by atoms with Crippen LogP contribution in [0.1, 0.15) is 29.7 Å². The van der Waals surface area contributed by atoms with E-state index in [1.165, 1.54) is 29.7 Å². The zero-order valence-electron chi connectivity index (χ0n) is 11.9. The molecule has 0 aliphatic heterocycles. The second-order valence-corrected chi connectivity index (χ2v) is 7.47. The zero-order chi connectivity index (χ0) is 15.1. The van der Waals surface area contributed by atoms with Crippen molar-refractivity contribution in [3.8, 4) is 11.4 Å². The second-order valence-electron chi connectivity index (χ2n) is 5.59. The van der Waals surface area contributed by atoms with Crippen LogP contribution >= 0.6 is 34.5 Å². The van der Waals surface area contributed by atoms with Crippen LogP contribution < -0.4 is 0 Å². The molecule has 0 spiro atoms. The van der Waals surface area contributed by atoms with E-state index in [1.54, 1.807) is 11.3 Å². The first-order valence-electron chi connectivity index (χ1n) is 7.46. The fraction of sp³-hybridized carbons (Fsp3) is 0.294. The third-order valence-corrected chi connectivity index (χ3v) is 5.83. The van der Waals surface area contributed by atoms with Crippen LogP contribution in [0, 0.1) is 0 Å². The number of aryl methyl sites for hydroxylation is 2. The number of hydrogen-bond donors (Lipinski definition) is 0. The summed E-state index contributed by atoms with van der Waals surface area (Å²) in [5, 5.41) is 2.36. The number of nitrogens with zero attached hydrogens (tertiary/aromatic N) is 2. The second kappa shape index (κ2) is 5.80. The molecule has 0 radical (unpaired) electrons. The lowest BCUT2D eigenvalue weighted by atomic mass is 10.1. The molecule has 0 amide bonds. The van der Waals surface area contributed by atoms with Gasteiger partial charge in [0.2, 0.25) is 0 Å². The number of aromatic nitrogens is 2. The molecule has 2 nitrogen and oxygen atoms in total. The Balaban J connectivity index is 1.88. The van der Waals surface area contributed by atoms with Gasteiger partial charge in [0.15, 0.2) is 5.82 Å². The highest BCUT2D eigenvalue weighted by molar-refractivity contribution is 7.19. The van der Waals surface area contributed by atoms with Gasteiger partial charge in [-0.3, -0.25) is 0 Å². The van der Waals surface area contributed by atoms with E-state index in [-0.39, 0.29) is 0 Å². The van der Waals surface area contributed by atoms with Crippen molar-refractivity contribution < 1.29 is 0 Å². The molecule has 3 aromatic rings. The van der Waals surface area contributed by atoms with Crippen molar-refractivity contribution >= 4 is 44.8 Å². The van der Waals surface area contributed by atoms with Crippen molar-refractivity contribution in [3.05, 3.63) is 44.9 Å². The fourth-order valence-electron chi connectivity index (χ4n) is 3.02. The Morgan fingerprint density at radius 1 is 0.909 bits per heavy atom. The van der Waals surface area contributed by atoms with Gasteiger partial charge in [0.25, 0.3) is 0 Å². The van der Waals surface area contributed by atoms with Crippen molar-refractivity contribution in [3.63, 3.8) is 0 Å². The van der Waals surface area contributed by atoms with Crippen LogP contribution in [0.4, 0.5) is 0 Å². The van der Waals surface area contributed by atoms with Crippen LogP contribution in [-0.2, 0) is 12.8 Å². The molecule has 5 heteroatoms. The van der Waals surface area contributed by atoms with Gasteiger partial charge in [0.1, 0.15) is 9.98 Å². The first-order valence-corrected chi connectivity index (χ1v) is 9.03. The van der Waals surface area contributed by atoms with E-state index in [4.69, 9.17) is 28.2 Å². The molecule has 2 aromatic heterocycles. The molecule has 22 heavy (non-hydrogen) atoms. The van der Waals surface area contributed by atoms with E-state index in [2.05, 4.69) is 4.98 Å². The minimum atomic E-state index is 0.578. The summed E-state index contributed by atoms with van der Waals surface area (Å²) in [5.41, 5.74) is 2.32. The van der Waals surface area contributed by atoms with Gasteiger partial charge < -0.3 is 0 Å². The zero-order valence-corrected chi connectivity index (χ0v) is 14.2. The molecule has 0 saturated heterocycles. The highest BCUT2D eigenvalue weighted by atomic mass is 35.5. The van der Waals surface area contributed by atoms with Crippen molar-refractivity contribution in [1.82, 2.24) is 9.97 Å². The number of rotatable bonds is 1. The molecule has 0 unspecified atom stereocenters. The number of halogens is 2. The predicted octanol–water partition coefficient (Wildman–Crippen LogP) is 5.93. The lowest BCUT2D eigenvalue weighted by Crippen LogP contribution is -1.92. The van der Waals surface area contributed by atoms with E-state index >= 15 is 0 Å². The lowest BCUT2D eigenvalue weighted by Gasteiger charge is -2.04. The predicted molar refractivity (Wildman–Crippen MR) is 94.1 cm³/mol. The van der Waals surface area contributed by atoms with E-state index in [9.17, 15) is 0 Å². The van der Waals surface area contributed by atoms with Crippen LogP contribution in [0.25, 0.3) is 21.6 Å². The first-order chi connectivity index (χ1) is 10.7. The average molecular weight is 349 g/mol. The molecule has 4 rings (SSSR count). The Morgan fingerprint density at radius 3 is 2.50 bits per heavy atom. The Morgan fingerprint density at radius 2 is 1.68 bits per heavy atom. The first kappa shape index (κ1) is 14.4. The van der Waals surface area contributed by atoms with Crippen LogP contribution in [0.15, 0.2) is 24.3 Å². The van der Waals surface area contributed by atoms with Crippen molar-refractivity contribution in [2.75, 3.05) is 0 Å². The van der Waals surface area contributed by atoms with Crippen molar-refractivity contribution in [1.29, 1.82) is 0 Å². The van der Waals surface area contributed by atoms with Gasteiger partial charge in [-0.25, -0.2) is 9.97 Å². The maximum atomic E-state index is 6.50.